The van der Waals surface area contributed by atoms with Gasteiger partial charge in [0, 0.05) is 34.7 Å². The topological polar surface area (TPSA) is 47.0 Å². The van der Waals surface area contributed by atoms with E-state index >= 15 is 0 Å². The number of hydrogen-bond donors (Lipinski definition) is 1. The summed E-state index contributed by atoms with van der Waals surface area (Å²) in [5, 5.41) is 4.80. The van der Waals surface area contributed by atoms with Gasteiger partial charge < -0.3 is 10.1 Å². The van der Waals surface area contributed by atoms with Crippen molar-refractivity contribution in [3.63, 3.8) is 0 Å². The number of halogens is 2. The van der Waals surface area contributed by atoms with Crippen LogP contribution < -0.4 is 5.32 Å². The number of nitrogens with zero attached hydrogens (tertiary/aromatic N) is 2. The average molecular weight is 363 g/mol. The van der Waals surface area contributed by atoms with Gasteiger partial charge in [0.05, 0.1) is 0 Å². The molecule has 0 amide bonds. The van der Waals surface area contributed by atoms with Crippen molar-refractivity contribution in [1.82, 2.24) is 9.36 Å². The third-order valence-corrected chi connectivity index (χ3v) is 4.14. The lowest BCUT2D eigenvalue weighted by Gasteiger charge is -2.05. The molecule has 0 aliphatic heterocycles. The summed E-state index contributed by atoms with van der Waals surface area (Å²) in [5.74, 6) is 0.707. The number of rotatable bonds is 6. The molecule has 0 aliphatic rings. The van der Waals surface area contributed by atoms with Crippen LogP contribution in [0, 0.1) is 0 Å². The van der Waals surface area contributed by atoms with Gasteiger partial charge in [0.15, 0.2) is 5.82 Å². The summed E-state index contributed by atoms with van der Waals surface area (Å²) in [6.45, 7) is 1.22. The number of benzene rings is 1. The highest BCUT2D eigenvalue weighted by Gasteiger charge is 2.04. The molecule has 0 bridgehead atoms. The molecule has 0 saturated heterocycles. The summed E-state index contributed by atoms with van der Waals surface area (Å²) in [5.41, 5.74) is 1.17. The first kappa shape index (κ1) is 14.7. The van der Waals surface area contributed by atoms with Gasteiger partial charge in [0.2, 0.25) is 5.13 Å². The van der Waals surface area contributed by atoms with Crippen molar-refractivity contribution in [2.24, 2.45) is 0 Å². The first-order valence-electron chi connectivity index (χ1n) is 5.68. The summed E-state index contributed by atoms with van der Waals surface area (Å²) in [7, 11) is 1.63. The molecule has 0 unspecified atom stereocenters. The standard InChI is InChI=1S/C12H13BrClN3OS/c1-18-7-11-16-12(19-17-11)15-5-4-8-6-9(14)2-3-10(8)13/h2-3,6H,4-5,7H2,1H3,(H,15,16,17). The van der Waals surface area contributed by atoms with E-state index in [1.54, 1.807) is 7.11 Å². The fourth-order valence-corrected chi connectivity index (χ4v) is 2.79. The Morgan fingerprint density at radius 3 is 3.11 bits per heavy atom. The van der Waals surface area contributed by atoms with E-state index in [-0.39, 0.29) is 0 Å². The summed E-state index contributed by atoms with van der Waals surface area (Å²) in [6.07, 6.45) is 0.861. The highest BCUT2D eigenvalue weighted by Crippen LogP contribution is 2.21. The molecule has 1 aromatic carbocycles. The van der Waals surface area contributed by atoms with Gasteiger partial charge in [0.25, 0.3) is 0 Å². The molecule has 0 saturated carbocycles. The second-order valence-corrected chi connectivity index (χ2v) is 5.90. The Hall–Kier alpha value is -0.690. The Morgan fingerprint density at radius 1 is 1.47 bits per heavy atom. The second-order valence-electron chi connectivity index (χ2n) is 3.86. The van der Waals surface area contributed by atoms with Crippen LogP contribution in [-0.4, -0.2) is 23.0 Å². The Balaban J connectivity index is 1.87. The lowest BCUT2D eigenvalue weighted by atomic mass is 10.1. The van der Waals surface area contributed by atoms with E-state index < -0.39 is 0 Å². The Labute approximate surface area is 129 Å². The third kappa shape index (κ3) is 4.42. The van der Waals surface area contributed by atoms with E-state index in [1.165, 1.54) is 17.1 Å². The molecule has 2 aromatic rings. The minimum absolute atomic E-state index is 0.442. The highest BCUT2D eigenvalue weighted by atomic mass is 79.9. The Bertz CT molecular complexity index is 550. The highest BCUT2D eigenvalue weighted by molar-refractivity contribution is 9.10. The maximum atomic E-state index is 5.98. The van der Waals surface area contributed by atoms with Gasteiger partial charge in [-0.15, -0.1) is 0 Å². The first-order valence-corrected chi connectivity index (χ1v) is 7.63. The van der Waals surface area contributed by atoms with Gasteiger partial charge in [0.1, 0.15) is 6.61 Å². The van der Waals surface area contributed by atoms with E-state index in [0.29, 0.717) is 12.4 Å². The second kappa shape index (κ2) is 7.19. The molecule has 0 atom stereocenters. The van der Waals surface area contributed by atoms with E-state index in [1.807, 2.05) is 18.2 Å². The van der Waals surface area contributed by atoms with Crippen LogP contribution in [0.4, 0.5) is 5.13 Å². The van der Waals surface area contributed by atoms with Crippen LogP contribution in [0.3, 0.4) is 0 Å². The largest absolute Gasteiger partial charge is 0.377 e. The van der Waals surface area contributed by atoms with E-state index in [9.17, 15) is 0 Å². The van der Waals surface area contributed by atoms with Crippen molar-refractivity contribution in [3.05, 3.63) is 39.1 Å². The maximum Gasteiger partial charge on any atom is 0.202 e. The molecule has 4 nitrogen and oxygen atoms in total. The van der Waals surface area contributed by atoms with Gasteiger partial charge in [-0.05, 0) is 30.2 Å². The van der Waals surface area contributed by atoms with Crippen molar-refractivity contribution < 1.29 is 4.74 Å². The molecule has 2 rings (SSSR count). The number of nitrogens with one attached hydrogen (secondary N) is 1. The number of methoxy groups -OCH3 is 1. The van der Waals surface area contributed by atoms with Crippen LogP contribution in [-0.2, 0) is 17.8 Å². The van der Waals surface area contributed by atoms with Gasteiger partial charge in [-0.1, -0.05) is 27.5 Å². The summed E-state index contributed by atoms with van der Waals surface area (Å²) < 4.78 is 10.2. The zero-order chi connectivity index (χ0) is 13.7. The van der Waals surface area contributed by atoms with Crippen LogP contribution in [0.2, 0.25) is 5.02 Å². The number of anilines is 1. The normalized spacial score (nSPS) is 10.7. The quantitative estimate of drug-likeness (QED) is 0.850. The Morgan fingerprint density at radius 2 is 2.32 bits per heavy atom. The molecular weight excluding hydrogens is 350 g/mol. The predicted octanol–water partition coefficient (Wildman–Crippen LogP) is 3.76. The van der Waals surface area contributed by atoms with Crippen molar-refractivity contribution in [2.45, 2.75) is 13.0 Å². The molecule has 1 heterocycles. The number of aromatic nitrogens is 2. The zero-order valence-corrected chi connectivity index (χ0v) is 13.5. The van der Waals surface area contributed by atoms with Crippen LogP contribution in [0.25, 0.3) is 0 Å². The molecule has 1 aromatic heterocycles. The van der Waals surface area contributed by atoms with Crippen LogP contribution in [0.15, 0.2) is 22.7 Å². The van der Waals surface area contributed by atoms with E-state index in [4.69, 9.17) is 16.3 Å². The third-order valence-electron chi connectivity index (χ3n) is 2.42. The van der Waals surface area contributed by atoms with Crippen molar-refractivity contribution in [2.75, 3.05) is 19.0 Å². The molecule has 0 radical (unpaired) electrons. The maximum absolute atomic E-state index is 5.98. The molecule has 19 heavy (non-hydrogen) atoms. The fourth-order valence-electron chi connectivity index (χ4n) is 1.55. The fraction of sp³-hybridized carbons (Fsp3) is 0.333. The molecule has 0 aliphatic carbocycles. The van der Waals surface area contributed by atoms with Crippen molar-refractivity contribution in [1.29, 1.82) is 0 Å². The van der Waals surface area contributed by atoms with Gasteiger partial charge in [-0.3, -0.25) is 0 Å². The predicted molar refractivity (Wildman–Crippen MR) is 82.0 cm³/mol. The summed E-state index contributed by atoms with van der Waals surface area (Å²) in [6, 6.07) is 5.79. The lowest BCUT2D eigenvalue weighted by molar-refractivity contribution is 0.179. The van der Waals surface area contributed by atoms with Gasteiger partial charge >= 0.3 is 0 Å². The van der Waals surface area contributed by atoms with Gasteiger partial charge in [-0.2, -0.15) is 4.37 Å². The zero-order valence-electron chi connectivity index (χ0n) is 10.3. The van der Waals surface area contributed by atoms with E-state index in [0.717, 1.165) is 27.6 Å². The number of ether oxygens (including phenoxy) is 1. The monoisotopic (exact) mass is 361 g/mol. The van der Waals surface area contributed by atoms with Gasteiger partial charge in [-0.25, -0.2) is 4.98 Å². The Kier molecular flexibility index (Phi) is 5.57. The lowest BCUT2D eigenvalue weighted by Crippen LogP contribution is -2.05. The molecular formula is C12H13BrClN3OS. The molecule has 0 spiro atoms. The average Bonchev–Trinajstić information content (AvgIpc) is 2.82. The molecule has 102 valence electrons. The smallest absolute Gasteiger partial charge is 0.202 e. The summed E-state index contributed by atoms with van der Waals surface area (Å²) >= 11 is 10.8. The molecule has 0 fully saturated rings. The van der Waals surface area contributed by atoms with Crippen molar-refractivity contribution >= 4 is 44.2 Å². The van der Waals surface area contributed by atoms with Crippen LogP contribution >= 0.6 is 39.1 Å². The number of hydrogen-bond acceptors (Lipinski definition) is 5. The van der Waals surface area contributed by atoms with Crippen molar-refractivity contribution in [3.8, 4) is 0 Å². The molecule has 1 N–H and O–H groups in total. The van der Waals surface area contributed by atoms with Crippen LogP contribution in [0.5, 0.6) is 0 Å². The molecule has 7 heteroatoms. The van der Waals surface area contributed by atoms with Crippen LogP contribution in [0.1, 0.15) is 11.4 Å². The first-order chi connectivity index (χ1) is 9.19. The van der Waals surface area contributed by atoms with E-state index in [2.05, 4.69) is 30.6 Å². The SMILES string of the molecule is COCc1nsc(NCCc2cc(Cl)ccc2Br)n1. The minimum atomic E-state index is 0.442. The summed E-state index contributed by atoms with van der Waals surface area (Å²) in [4.78, 5) is 4.30. The minimum Gasteiger partial charge on any atom is -0.377 e.